The molecule has 0 amide bonds. The molecule has 1 N–H and O–H groups in total. The molecule has 25 heavy (non-hydrogen) atoms. The number of nitrogens with zero attached hydrogens (tertiary/aromatic N) is 2. The predicted molar refractivity (Wildman–Crippen MR) is 103 cm³/mol. The van der Waals surface area contributed by atoms with Gasteiger partial charge in [-0.3, -0.25) is 0 Å². The summed E-state index contributed by atoms with van der Waals surface area (Å²) in [6.07, 6.45) is 2.33. The van der Waals surface area contributed by atoms with Gasteiger partial charge in [-0.2, -0.15) is 4.31 Å². The number of aromatic nitrogens is 1. The Morgan fingerprint density at radius 2 is 1.68 bits per heavy atom. The molecule has 0 unspecified atom stereocenters. The number of rotatable bonds is 7. The van der Waals surface area contributed by atoms with Crippen LogP contribution in [0, 0.1) is 0 Å². The van der Waals surface area contributed by atoms with Gasteiger partial charge in [-0.15, -0.1) is 0 Å². The fourth-order valence-electron chi connectivity index (χ4n) is 2.97. The van der Waals surface area contributed by atoms with Gasteiger partial charge < -0.3 is 5.32 Å². The van der Waals surface area contributed by atoms with Crippen molar-refractivity contribution in [3.63, 3.8) is 0 Å². The van der Waals surface area contributed by atoms with E-state index in [4.69, 9.17) is 0 Å². The molecule has 0 bridgehead atoms. The average Bonchev–Trinajstić information content (AvgIpc) is 2.54. The summed E-state index contributed by atoms with van der Waals surface area (Å²) in [5.74, 6) is 0.625. The molecular formula is C19H27N3O2S. The molecule has 0 aliphatic heterocycles. The monoisotopic (exact) mass is 361 g/mol. The van der Waals surface area contributed by atoms with E-state index in [0.29, 0.717) is 5.82 Å². The Hall–Kier alpha value is -1.92. The Morgan fingerprint density at radius 1 is 1.04 bits per heavy atom. The third-order valence-electron chi connectivity index (χ3n) is 3.99. The number of anilines is 2. The van der Waals surface area contributed by atoms with Gasteiger partial charge in [0.05, 0.1) is 0 Å². The second-order valence-corrected chi connectivity index (χ2v) is 8.38. The zero-order valence-electron chi connectivity index (χ0n) is 15.5. The first-order valence-corrected chi connectivity index (χ1v) is 10.1. The summed E-state index contributed by atoms with van der Waals surface area (Å²) in [5, 5.41) is 3.26. The minimum Gasteiger partial charge on any atom is -0.340 e. The maximum absolute atomic E-state index is 12.9. The summed E-state index contributed by atoms with van der Waals surface area (Å²) in [7, 11) is -3.56. The molecule has 1 aromatic heterocycles. The Balaban J connectivity index is 2.27. The fourth-order valence-corrected chi connectivity index (χ4v) is 4.75. The van der Waals surface area contributed by atoms with Gasteiger partial charge in [0, 0.05) is 24.0 Å². The van der Waals surface area contributed by atoms with Crippen LogP contribution in [-0.2, 0) is 16.4 Å². The molecular weight excluding hydrogens is 334 g/mol. The van der Waals surface area contributed by atoms with E-state index in [1.807, 2.05) is 45.9 Å². The SMILES string of the molecule is CCc1ccccc1Nc1ccc(S(=O)(=O)N(C(C)C)C(C)C)cn1. The van der Waals surface area contributed by atoms with Gasteiger partial charge in [0.25, 0.3) is 0 Å². The summed E-state index contributed by atoms with van der Waals surface area (Å²) >= 11 is 0. The van der Waals surface area contributed by atoms with Gasteiger partial charge in [0.2, 0.25) is 10.0 Å². The van der Waals surface area contributed by atoms with Crippen molar-refractivity contribution in [2.75, 3.05) is 5.32 Å². The lowest BCUT2D eigenvalue weighted by Gasteiger charge is -2.29. The lowest BCUT2D eigenvalue weighted by Crippen LogP contribution is -2.41. The first-order chi connectivity index (χ1) is 11.8. The van der Waals surface area contributed by atoms with Crippen molar-refractivity contribution in [2.24, 2.45) is 0 Å². The van der Waals surface area contributed by atoms with Crippen molar-refractivity contribution in [3.8, 4) is 0 Å². The zero-order valence-corrected chi connectivity index (χ0v) is 16.3. The molecule has 6 heteroatoms. The van der Waals surface area contributed by atoms with Gasteiger partial charge in [-0.25, -0.2) is 13.4 Å². The molecule has 0 aliphatic carbocycles. The summed E-state index contributed by atoms with van der Waals surface area (Å²) < 4.78 is 27.2. The highest BCUT2D eigenvalue weighted by Crippen LogP contribution is 2.23. The number of pyridine rings is 1. The average molecular weight is 362 g/mol. The van der Waals surface area contributed by atoms with Crippen LogP contribution in [0.2, 0.25) is 0 Å². The number of sulfonamides is 1. The van der Waals surface area contributed by atoms with Crippen LogP contribution in [0.1, 0.15) is 40.2 Å². The van der Waals surface area contributed by atoms with Gasteiger partial charge in [0.1, 0.15) is 10.7 Å². The van der Waals surface area contributed by atoms with Crippen molar-refractivity contribution < 1.29 is 8.42 Å². The molecule has 0 atom stereocenters. The van der Waals surface area contributed by atoms with Crippen molar-refractivity contribution in [1.82, 2.24) is 9.29 Å². The maximum atomic E-state index is 12.9. The highest BCUT2D eigenvalue weighted by atomic mass is 32.2. The third-order valence-corrected chi connectivity index (χ3v) is 6.23. The normalized spacial score (nSPS) is 12.2. The van der Waals surface area contributed by atoms with Crippen molar-refractivity contribution >= 4 is 21.5 Å². The fraction of sp³-hybridized carbons (Fsp3) is 0.421. The second-order valence-electron chi connectivity index (χ2n) is 6.54. The molecule has 2 aromatic rings. The van der Waals surface area contributed by atoms with Gasteiger partial charge in [0.15, 0.2) is 0 Å². The number of aryl methyl sites for hydroxylation is 1. The largest absolute Gasteiger partial charge is 0.340 e. The molecule has 136 valence electrons. The topological polar surface area (TPSA) is 62.3 Å². The standard InChI is InChI=1S/C19H27N3O2S/c1-6-16-9-7-8-10-18(16)21-19-12-11-17(13-20-19)25(23,24)22(14(2)3)15(4)5/h7-15H,6H2,1-5H3,(H,20,21). The van der Waals surface area contributed by atoms with Crippen molar-refractivity contribution in [3.05, 3.63) is 48.2 Å². The van der Waals surface area contributed by atoms with Crippen molar-refractivity contribution in [2.45, 2.75) is 58.0 Å². The summed E-state index contributed by atoms with van der Waals surface area (Å²) in [6, 6.07) is 11.1. The van der Waals surface area contributed by atoms with Crippen LogP contribution in [0.5, 0.6) is 0 Å². The Kier molecular flexibility index (Phi) is 6.19. The minimum absolute atomic E-state index is 0.112. The van der Waals surface area contributed by atoms with E-state index in [1.165, 1.54) is 16.1 Å². The maximum Gasteiger partial charge on any atom is 0.245 e. The molecule has 0 aliphatic rings. The lowest BCUT2D eigenvalue weighted by molar-refractivity contribution is 0.302. The van der Waals surface area contributed by atoms with Crippen LogP contribution in [-0.4, -0.2) is 29.8 Å². The summed E-state index contributed by atoms with van der Waals surface area (Å²) in [4.78, 5) is 4.51. The Morgan fingerprint density at radius 3 is 2.20 bits per heavy atom. The van der Waals surface area contributed by atoms with E-state index >= 15 is 0 Å². The quantitative estimate of drug-likeness (QED) is 0.803. The van der Waals surface area contributed by atoms with E-state index in [9.17, 15) is 8.42 Å². The molecule has 1 aromatic carbocycles. The van der Waals surface area contributed by atoms with Gasteiger partial charge >= 0.3 is 0 Å². The summed E-state index contributed by atoms with van der Waals surface area (Å²) in [6.45, 7) is 9.60. The first-order valence-electron chi connectivity index (χ1n) is 8.62. The van der Waals surface area contributed by atoms with Crippen LogP contribution in [0.25, 0.3) is 0 Å². The second kappa shape index (κ2) is 7.97. The van der Waals surface area contributed by atoms with E-state index in [1.54, 1.807) is 12.1 Å². The van der Waals surface area contributed by atoms with Gasteiger partial charge in [-0.1, -0.05) is 25.1 Å². The van der Waals surface area contributed by atoms with Crippen LogP contribution in [0.15, 0.2) is 47.5 Å². The van der Waals surface area contributed by atoms with Crippen LogP contribution in [0.3, 0.4) is 0 Å². The van der Waals surface area contributed by atoms with E-state index in [-0.39, 0.29) is 17.0 Å². The highest BCUT2D eigenvalue weighted by Gasteiger charge is 2.29. The molecule has 0 spiro atoms. The smallest absolute Gasteiger partial charge is 0.245 e. The first kappa shape index (κ1) is 19.4. The number of benzene rings is 1. The molecule has 2 rings (SSSR count). The van der Waals surface area contributed by atoms with E-state index < -0.39 is 10.0 Å². The Bertz CT molecular complexity index is 792. The molecule has 5 nitrogen and oxygen atoms in total. The van der Waals surface area contributed by atoms with Gasteiger partial charge in [-0.05, 0) is 57.9 Å². The molecule has 0 radical (unpaired) electrons. The predicted octanol–water partition coefficient (Wildman–Crippen LogP) is 4.20. The lowest BCUT2D eigenvalue weighted by atomic mass is 10.1. The van der Waals surface area contributed by atoms with E-state index in [0.717, 1.165) is 12.1 Å². The number of hydrogen-bond donors (Lipinski definition) is 1. The number of para-hydroxylation sites is 1. The van der Waals surface area contributed by atoms with E-state index in [2.05, 4.69) is 23.3 Å². The number of hydrogen-bond acceptors (Lipinski definition) is 4. The Labute approximate surface area is 151 Å². The number of nitrogens with one attached hydrogen (secondary N) is 1. The third kappa shape index (κ3) is 4.38. The van der Waals surface area contributed by atoms with Crippen LogP contribution in [0.4, 0.5) is 11.5 Å². The molecule has 1 heterocycles. The van der Waals surface area contributed by atoms with Crippen molar-refractivity contribution in [1.29, 1.82) is 0 Å². The highest BCUT2D eigenvalue weighted by molar-refractivity contribution is 7.89. The minimum atomic E-state index is -3.56. The molecule has 0 saturated heterocycles. The zero-order chi connectivity index (χ0) is 18.6. The summed E-state index contributed by atoms with van der Waals surface area (Å²) in [5.41, 5.74) is 2.17. The van der Waals surface area contributed by atoms with Crippen LogP contribution < -0.4 is 5.32 Å². The molecule has 0 saturated carbocycles. The molecule has 0 fully saturated rings. The van der Waals surface area contributed by atoms with Crippen LogP contribution >= 0.6 is 0 Å².